The van der Waals surface area contributed by atoms with Crippen molar-refractivity contribution in [2.24, 2.45) is 0 Å². The molecule has 2 aromatic carbocycles. The third kappa shape index (κ3) is 2.77. The Balaban J connectivity index is 1.83. The molecule has 1 aliphatic rings. The summed E-state index contributed by atoms with van der Waals surface area (Å²) in [7, 11) is 0. The molecule has 0 saturated heterocycles. The van der Waals surface area contributed by atoms with Crippen LogP contribution in [0.15, 0.2) is 42.5 Å². The van der Waals surface area contributed by atoms with Gasteiger partial charge in [0.2, 0.25) is 0 Å². The van der Waals surface area contributed by atoms with Crippen LogP contribution in [0.1, 0.15) is 28.4 Å². The molecule has 0 unspecified atom stereocenters. The van der Waals surface area contributed by atoms with E-state index in [9.17, 15) is 9.90 Å². The van der Waals surface area contributed by atoms with Gasteiger partial charge in [-0.25, -0.2) is 0 Å². The molecule has 21 heavy (non-hydrogen) atoms. The van der Waals surface area contributed by atoms with Gasteiger partial charge in [-0.2, -0.15) is 0 Å². The summed E-state index contributed by atoms with van der Waals surface area (Å²) in [5.41, 5.74) is 4.18. The summed E-state index contributed by atoms with van der Waals surface area (Å²) < 4.78 is 0. The van der Waals surface area contributed by atoms with Gasteiger partial charge in [-0.05, 0) is 43.0 Å². The molecular formula is C18H19NO2. The van der Waals surface area contributed by atoms with E-state index >= 15 is 0 Å². The molecule has 0 aliphatic carbocycles. The lowest BCUT2D eigenvalue weighted by Crippen LogP contribution is -2.25. The lowest BCUT2D eigenvalue weighted by Gasteiger charge is -2.23. The Morgan fingerprint density at radius 2 is 1.67 bits per heavy atom. The van der Waals surface area contributed by atoms with E-state index in [0.29, 0.717) is 5.56 Å². The van der Waals surface area contributed by atoms with Gasteiger partial charge in [-0.3, -0.25) is 4.79 Å². The lowest BCUT2D eigenvalue weighted by molar-refractivity contribution is 0.101. The predicted octanol–water partition coefficient (Wildman–Crippen LogP) is 3.20. The quantitative estimate of drug-likeness (QED) is 0.859. The summed E-state index contributed by atoms with van der Waals surface area (Å²) in [5, 5.41) is 9.99. The average molecular weight is 281 g/mol. The summed E-state index contributed by atoms with van der Waals surface area (Å²) in [5.74, 6) is -0.0379. The summed E-state index contributed by atoms with van der Waals surface area (Å²) in [6.45, 7) is 3.32. The molecule has 1 aliphatic heterocycles. The van der Waals surface area contributed by atoms with Gasteiger partial charge in [0.15, 0.2) is 5.78 Å². The number of aromatic hydroxyl groups is 1. The number of rotatable bonds is 2. The Morgan fingerprint density at radius 1 is 1.05 bits per heavy atom. The van der Waals surface area contributed by atoms with Gasteiger partial charge in [0.05, 0.1) is 5.56 Å². The first-order chi connectivity index (χ1) is 10.1. The van der Waals surface area contributed by atoms with Crippen LogP contribution in [0.2, 0.25) is 0 Å². The van der Waals surface area contributed by atoms with Crippen molar-refractivity contribution >= 4 is 11.5 Å². The van der Waals surface area contributed by atoms with Crippen molar-refractivity contribution in [1.29, 1.82) is 0 Å². The van der Waals surface area contributed by atoms with Crippen LogP contribution in [0.5, 0.6) is 5.75 Å². The number of hydrogen-bond acceptors (Lipinski definition) is 3. The highest BCUT2D eigenvalue weighted by Gasteiger charge is 2.15. The van der Waals surface area contributed by atoms with Gasteiger partial charge in [0, 0.05) is 24.8 Å². The first-order valence-corrected chi connectivity index (χ1v) is 7.31. The maximum atomic E-state index is 11.4. The Hall–Kier alpha value is -2.29. The molecule has 3 rings (SSSR count). The number of phenolic OH excluding ortho intramolecular Hbond substituents is 1. The molecule has 1 N–H and O–H groups in total. The number of hydrogen-bond donors (Lipinski definition) is 1. The van der Waals surface area contributed by atoms with Crippen molar-refractivity contribution in [3.8, 4) is 5.75 Å². The van der Waals surface area contributed by atoms with Crippen molar-refractivity contribution in [2.45, 2.75) is 19.8 Å². The van der Waals surface area contributed by atoms with Crippen molar-refractivity contribution in [1.82, 2.24) is 0 Å². The van der Waals surface area contributed by atoms with Crippen LogP contribution in [0.4, 0.5) is 5.69 Å². The summed E-state index contributed by atoms with van der Waals surface area (Å²) in [4.78, 5) is 13.7. The van der Waals surface area contributed by atoms with E-state index in [0.717, 1.165) is 31.6 Å². The Labute approximate surface area is 124 Å². The fraction of sp³-hybridized carbons (Fsp3) is 0.278. The van der Waals surface area contributed by atoms with Crippen molar-refractivity contribution in [2.75, 3.05) is 18.0 Å². The Bertz CT molecular complexity index is 652. The van der Waals surface area contributed by atoms with Crippen molar-refractivity contribution < 1.29 is 9.90 Å². The Morgan fingerprint density at radius 3 is 2.19 bits per heavy atom. The highest BCUT2D eigenvalue weighted by atomic mass is 16.3. The minimum Gasteiger partial charge on any atom is -0.507 e. The average Bonchev–Trinajstić information content (AvgIpc) is 2.69. The third-order valence-electron chi connectivity index (χ3n) is 4.15. The zero-order valence-corrected chi connectivity index (χ0v) is 12.2. The molecule has 0 bridgehead atoms. The van der Waals surface area contributed by atoms with Gasteiger partial charge in [0.1, 0.15) is 5.75 Å². The molecule has 3 nitrogen and oxygen atoms in total. The SMILES string of the molecule is CC(=O)c1ccc(N2CCc3ccccc3CC2)cc1O. The van der Waals surface area contributed by atoms with Crippen LogP contribution >= 0.6 is 0 Å². The second-order valence-electron chi connectivity index (χ2n) is 5.51. The van der Waals surface area contributed by atoms with E-state index in [-0.39, 0.29) is 11.5 Å². The molecule has 0 amide bonds. The minimum absolute atomic E-state index is 0.0711. The predicted molar refractivity (Wildman–Crippen MR) is 84.2 cm³/mol. The van der Waals surface area contributed by atoms with Crippen LogP contribution in [0, 0.1) is 0 Å². The smallest absolute Gasteiger partial charge is 0.163 e. The zero-order valence-electron chi connectivity index (χ0n) is 12.2. The van der Waals surface area contributed by atoms with Crippen LogP contribution in [0.3, 0.4) is 0 Å². The molecule has 0 fully saturated rings. The fourth-order valence-corrected chi connectivity index (χ4v) is 2.94. The molecular weight excluding hydrogens is 262 g/mol. The summed E-state index contributed by atoms with van der Waals surface area (Å²) in [6, 6.07) is 13.9. The molecule has 0 atom stereocenters. The van der Waals surface area contributed by atoms with Crippen LogP contribution in [0.25, 0.3) is 0 Å². The molecule has 1 heterocycles. The first-order valence-electron chi connectivity index (χ1n) is 7.31. The van der Waals surface area contributed by atoms with E-state index in [1.807, 2.05) is 6.07 Å². The largest absolute Gasteiger partial charge is 0.507 e. The molecule has 0 aromatic heterocycles. The van der Waals surface area contributed by atoms with Gasteiger partial charge in [-0.1, -0.05) is 24.3 Å². The third-order valence-corrected chi connectivity index (χ3v) is 4.15. The number of fused-ring (bicyclic) bond motifs is 1. The number of carbonyl (C=O) groups is 1. The van der Waals surface area contributed by atoms with E-state index in [2.05, 4.69) is 29.2 Å². The molecule has 0 saturated carbocycles. The van der Waals surface area contributed by atoms with E-state index in [1.165, 1.54) is 18.1 Å². The molecule has 0 radical (unpaired) electrons. The topological polar surface area (TPSA) is 40.5 Å². The number of phenols is 1. The normalized spacial score (nSPS) is 14.4. The van der Waals surface area contributed by atoms with Gasteiger partial charge in [-0.15, -0.1) is 0 Å². The van der Waals surface area contributed by atoms with Crippen molar-refractivity contribution in [3.05, 3.63) is 59.2 Å². The highest BCUT2D eigenvalue weighted by Crippen LogP contribution is 2.27. The van der Waals surface area contributed by atoms with Crippen molar-refractivity contribution in [3.63, 3.8) is 0 Å². The number of nitrogens with zero attached hydrogens (tertiary/aromatic N) is 1. The summed E-state index contributed by atoms with van der Waals surface area (Å²) >= 11 is 0. The Kier molecular flexibility index (Phi) is 3.65. The van der Waals surface area contributed by atoms with Crippen LogP contribution in [-0.2, 0) is 12.8 Å². The number of carbonyl (C=O) groups excluding carboxylic acids is 1. The zero-order chi connectivity index (χ0) is 14.8. The molecule has 0 spiro atoms. The maximum Gasteiger partial charge on any atom is 0.163 e. The van der Waals surface area contributed by atoms with Gasteiger partial charge < -0.3 is 10.0 Å². The number of ketones is 1. The second-order valence-corrected chi connectivity index (χ2v) is 5.51. The summed E-state index contributed by atoms with van der Waals surface area (Å²) in [6.07, 6.45) is 2.01. The molecule has 2 aromatic rings. The van der Waals surface area contributed by atoms with Crippen LogP contribution < -0.4 is 4.90 Å². The fourth-order valence-electron chi connectivity index (χ4n) is 2.94. The lowest BCUT2D eigenvalue weighted by atomic mass is 10.0. The van der Waals surface area contributed by atoms with Gasteiger partial charge >= 0.3 is 0 Å². The number of anilines is 1. The molecule has 108 valence electrons. The maximum absolute atomic E-state index is 11.4. The second kappa shape index (κ2) is 5.60. The number of Topliss-reactive ketones (excluding diaryl/α,β-unsaturated/α-hetero) is 1. The van der Waals surface area contributed by atoms with E-state index in [1.54, 1.807) is 12.1 Å². The highest BCUT2D eigenvalue weighted by molar-refractivity contribution is 5.97. The van der Waals surface area contributed by atoms with E-state index in [4.69, 9.17) is 0 Å². The van der Waals surface area contributed by atoms with E-state index < -0.39 is 0 Å². The first kappa shape index (κ1) is 13.7. The van der Waals surface area contributed by atoms with Gasteiger partial charge in [0.25, 0.3) is 0 Å². The monoisotopic (exact) mass is 281 g/mol. The number of benzene rings is 2. The van der Waals surface area contributed by atoms with Crippen LogP contribution in [-0.4, -0.2) is 24.0 Å². The minimum atomic E-state index is -0.109. The standard InChI is InChI=1S/C18H19NO2/c1-13(20)17-7-6-16(12-18(17)21)19-10-8-14-4-2-3-5-15(14)9-11-19/h2-7,12,21H,8-11H2,1H3. The molecule has 3 heteroatoms.